The maximum atomic E-state index is 10.4. The van der Waals surface area contributed by atoms with Crippen LogP contribution < -0.4 is 5.73 Å². The Kier molecular flexibility index (Phi) is 2.69. The van der Waals surface area contributed by atoms with Gasteiger partial charge in [0.15, 0.2) is 0 Å². The summed E-state index contributed by atoms with van der Waals surface area (Å²) in [6.45, 7) is 2.33. The van der Waals surface area contributed by atoms with Crippen LogP contribution >= 0.6 is 0 Å². The zero-order chi connectivity index (χ0) is 13.9. The molecule has 3 aliphatic carbocycles. The lowest BCUT2D eigenvalue weighted by molar-refractivity contribution is -0.0225. The Labute approximate surface area is 121 Å². The van der Waals surface area contributed by atoms with Crippen LogP contribution in [0.4, 0.5) is 5.69 Å². The number of nitrogens with two attached hydrogens (primary N) is 1. The van der Waals surface area contributed by atoms with E-state index in [0.29, 0.717) is 11.8 Å². The van der Waals surface area contributed by atoms with Crippen LogP contribution in [-0.4, -0.2) is 11.2 Å². The van der Waals surface area contributed by atoms with Crippen molar-refractivity contribution in [2.45, 2.75) is 57.5 Å². The van der Waals surface area contributed by atoms with Gasteiger partial charge in [-0.2, -0.15) is 0 Å². The number of hydrogen-bond donors (Lipinski definition) is 2. The number of aliphatic hydroxyl groups is 1. The van der Waals surface area contributed by atoms with Crippen LogP contribution in [0.3, 0.4) is 0 Å². The highest BCUT2D eigenvalue weighted by Gasteiger charge is 2.54. The molecule has 0 heterocycles. The fraction of sp³-hybridized carbons (Fsp3) is 0.667. The van der Waals surface area contributed by atoms with E-state index in [-0.39, 0.29) is 11.5 Å². The van der Waals surface area contributed by atoms with E-state index in [0.717, 1.165) is 24.4 Å². The first kappa shape index (κ1) is 12.7. The minimum atomic E-state index is -0.0734. The SMILES string of the molecule is C[C@]12CC[C@@H]3c4cccc(N)c4CC[C@H]3[C@@H]1CC[C@@H]2O. The Morgan fingerprint density at radius 1 is 1.20 bits per heavy atom. The predicted molar refractivity (Wildman–Crippen MR) is 81.5 cm³/mol. The number of rotatable bonds is 0. The lowest BCUT2D eigenvalue weighted by Crippen LogP contribution is -2.44. The Bertz CT molecular complexity index is 540. The molecule has 0 saturated heterocycles. The summed E-state index contributed by atoms with van der Waals surface area (Å²) in [5, 5.41) is 10.4. The number of hydrogen-bond acceptors (Lipinski definition) is 2. The topological polar surface area (TPSA) is 46.2 Å². The Hall–Kier alpha value is -1.02. The van der Waals surface area contributed by atoms with Gasteiger partial charge in [-0.15, -0.1) is 0 Å². The lowest BCUT2D eigenvalue weighted by Gasteiger charge is -2.50. The number of aliphatic hydroxyl groups excluding tert-OH is 1. The third-order valence-electron chi connectivity index (χ3n) is 6.76. The van der Waals surface area contributed by atoms with Crippen LogP contribution in [0, 0.1) is 17.3 Å². The van der Waals surface area contributed by atoms with Crippen molar-refractivity contribution in [2.75, 3.05) is 5.73 Å². The highest BCUT2D eigenvalue weighted by molar-refractivity contribution is 5.53. The molecule has 2 fully saturated rings. The summed E-state index contributed by atoms with van der Waals surface area (Å²) in [5.41, 5.74) is 10.3. The fourth-order valence-electron chi connectivity index (χ4n) is 5.62. The van der Waals surface area contributed by atoms with E-state index in [1.807, 2.05) is 6.07 Å². The normalized spacial score (nSPS) is 42.7. The summed E-state index contributed by atoms with van der Waals surface area (Å²) >= 11 is 0. The van der Waals surface area contributed by atoms with Gasteiger partial charge in [-0.3, -0.25) is 0 Å². The van der Waals surface area contributed by atoms with Gasteiger partial charge < -0.3 is 10.8 Å². The van der Waals surface area contributed by atoms with E-state index in [1.165, 1.54) is 36.8 Å². The van der Waals surface area contributed by atoms with Gasteiger partial charge in [0.2, 0.25) is 0 Å². The van der Waals surface area contributed by atoms with E-state index in [9.17, 15) is 5.11 Å². The predicted octanol–water partition coefficient (Wildman–Crippen LogP) is 3.49. The third kappa shape index (κ3) is 1.54. The molecule has 108 valence electrons. The summed E-state index contributed by atoms with van der Waals surface area (Å²) in [7, 11) is 0. The number of anilines is 1. The second kappa shape index (κ2) is 4.24. The van der Waals surface area contributed by atoms with Crippen LogP contribution in [0.15, 0.2) is 18.2 Å². The van der Waals surface area contributed by atoms with Gasteiger partial charge in [-0.25, -0.2) is 0 Å². The van der Waals surface area contributed by atoms with E-state index in [4.69, 9.17) is 5.73 Å². The molecule has 20 heavy (non-hydrogen) atoms. The first-order chi connectivity index (χ1) is 9.61. The van der Waals surface area contributed by atoms with Gasteiger partial charge in [-0.1, -0.05) is 19.1 Å². The highest BCUT2D eigenvalue weighted by atomic mass is 16.3. The molecule has 0 radical (unpaired) electrons. The standard InChI is InChI=1S/C18H25NO/c1-18-10-9-12-11-3-2-4-16(19)14(11)6-5-13(12)15(18)7-8-17(18)20/h2-4,12-13,15,17,20H,5-10,19H2,1H3/t12-,13-,15+,17+,18+/m1/s1. The van der Waals surface area contributed by atoms with E-state index in [2.05, 4.69) is 19.1 Å². The van der Waals surface area contributed by atoms with Gasteiger partial charge in [-0.05, 0) is 78.9 Å². The molecule has 3 aliphatic rings. The smallest absolute Gasteiger partial charge is 0.0596 e. The van der Waals surface area contributed by atoms with Crippen LogP contribution in [0.1, 0.15) is 56.1 Å². The van der Waals surface area contributed by atoms with Crippen molar-refractivity contribution in [3.8, 4) is 0 Å². The molecule has 2 nitrogen and oxygen atoms in total. The molecule has 0 spiro atoms. The first-order valence-electron chi connectivity index (χ1n) is 8.16. The maximum Gasteiger partial charge on any atom is 0.0596 e. The molecule has 3 N–H and O–H groups in total. The van der Waals surface area contributed by atoms with Crippen molar-refractivity contribution in [3.63, 3.8) is 0 Å². The van der Waals surface area contributed by atoms with Crippen LogP contribution in [0.2, 0.25) is 0 Å². The van der Waals surface area contributed by atoms with Gasteiger partial charge in [0.05, 0.1) is 6.10 Å². The van der Waals surface area contributed by atoms with Crippen molar-refractivity contribution in [1.29, 1.82) is 0 Å². The second-order valence-corrected chi connectivity index (χ2v) is 7.47. The monoisotopic (exact) mass is 271 g/mol. The average molecular weight is 271 g/mol. The molecule has 2 saturated carbocycles. The van der Waals surface area contributed by atoms with Gasteiger partial charge >= 0.3 is 0 Å². The summed E-state index contributed by atoms with van der Waals surface area (Å²) in [4.78, 5) is 0. The number of nitrogen functional groups attached to an aromatic ring is 1. The molecule has 0 bridgehead atoms. The quantitative estimate of drug-likeness (QED) is 0.710. The zero-order valence-electron chi connectivity index (χ0n) is 12.3. The molecule has 0 aliphatic heterocycles. The van der Waals surface area contributed by atoms with Gasteiger partial charge in [0.25, 0.3) is 0 Å². The molecule has 1 aromatic rings. The summed E-state index contributed by atoms with van der Waals surface area (Å²) in [5.74, 6) is 2.16. The molecule has 1 aromatic carbocycles. The third-order valence-corrected chi connectivity index (χ3v) is 6.76. The molecule has 5 atom stereocenters. The van der Waals surface area contributed by atoms with E-state index < -0.39 is 0 Å². The Morgan fingerprint density at radius 2 is 2.05 bits per heavy atom. The lowest BCUT2D eigenvalue weighted by atomic mass is 9.55. The van der Waals surface area contributed by atoms with Crippen molar-refractivity contribution in [3.05, 3.63) is 29.3 Å². The van der Waals surface area contributed by atoms with Gasteiger partial charge in [0, 0.05) is 5.69 Å². The number of fused-ring (bicyclic) bond motifs is 5. The molecular formula is C18H25NO. The van der Waals surface area contributed by atoms with Crippen molar-refractivity contribution >= 4 is 5.69 Å². The second-order valence-electron chi connectivity index (χ2n) is 7.47. The Morgan fingerprint density at radius 3 is 2.90 bits per heavy atom. The minimum absolute atomic E-state index is 0.0734. The van der Waals surface area contributed by atoms with Crippen molar-refractivity contribution < 1.29 is 5.11 Å². The van der Waals surface area contributed by atoms with Crippen LogP contribution in [0.5, 0.6) is 0 Å². The summed E-state index contributed by atoms with van der Waals surface area (Å²) in [6, 6.07) is 6.47. The van der Waals surface area contributed by atoms with E-state index in [1.54, 1.807) is 0 Å². The van der Waals surface area contributed by atoms with E-state index >= 15 is 0 Å². The molecule has 0 aromatic heterocycles. The minimum Gasteiger partial charge on any atom is -0.398 e. The largest absolute Gasteiger partial charge is 0.398 e. The molecule has 2 heteroatoms. The zero-order valence-corrected chi connectivity index (χ0v) is 12.3. The van der Waals surface area contributed by atoms with Crippen LogP contribution in [0.25, 0.3) is 0 Å². The number of benzene rings is 1. The molecule has 0 unspecified atom stereocenters. The van der Waals surface area contributed by atoms with Gasteiger partial charge in [0.1, 0.15) is 0 Å². The fourth-order valence-corrected chi connectivity index (χ4v) is 5.62. The highest BCUT2D eigenvalue weighted by Crippen LogP contribution is 2.61. The molecule has 4 rings (SSSR count). The first-order valence-corrected chi connectivity index (χ1v) is 8.16. The van der Waals surface area contributed by atoms with Crippen molar-refractivity contribution in [2.24, 2.45) is 17.3 Å². The maximum absolute atomic E-state index is 10.4. The Balaban J connectivity index is 1.73. The van der Waals surface area contributed by atoms with Crippen LogP contribution in [-0.2, 0) is 6.42 Å². The average Bonchev–Trinajstić information content (AvgIpc) is 2.75. The molecule has 0 amide bonds. The van der Waals surface area contributed by atoms with Crippen molar-refractivity contribution in [1.82, 2.24) is 0 Å². The summed E-state index contributed by atoms with van der Waals surface area (Å²) in [6.07, 6.45) is 6.95. The summed E-state index contributed by atoms with van der Waals surface area (Å²) < 4.78 is 0. The molecular weight excluding hydrogens is 246 g/mol.